The highest BCUT2D eigenvalue weighted by atomic mass is 19.4. The third-order valence-electron chi connectivity index (χ3n) is 6.57. The van der Waals surface area contributed by atoms with Crippen molar-refractivity contribution in [3.8, 4) is 0 Å². The summed E-state index contributed by atoms with van der Waals surface area (Å²) < 4.78 is 40.1. The van der Waals surface area contributed by atoms with Gasteiger partial charge < -0.3 is 15.1 Å². The number of benzene rings is 1. The van der Waals surface area contributed by atoms with Crippen LogP contribution in [0, 0.1) is 20.8 Å². The summed E-state index contributed by atoms with van der Waals surface area (Å²) in [7, 11) is 0. The van der Waals surface area contributed by atoms with Crippen LogP contribution in [0.5, 0.6) is 0 Å². The van der Waals surface area contributed by atoms with Crippen LogP contribution >= 0.6 is 0 Å². The van der Waals surface area contributed by atoms with Crippen molar-refractivity contribution in [2.75, 3.05) is 42.9 Å². The molecule has 0 bridgehead atoms. The Morgan fingerprint density at radius 3 is 2.43 bits per heavy atom. The first-order valence-electron chi connectivity index (χ1n) is 11.7. The molecule has 1 N–H and O–H groups in total. The summed E-state index contributed by atoms with van der Waals surface area (Å²) in [5.41, 5.74) is 4.59. The average molecular weight is 490 g/mol. The molecule has 1 aromatic carbocycles. The van der Waals surface area contributed by atoms with E-state index in [0.717, 1.165) is 54.2 Å². The van der Waals surface area contributed by atoms with E-state index in [1.165, 1.54) is 0 Å². The zero-order valence-corrected chi connectivity index (χ0v) is 20.4. The Hall–Kier alpha value is -3.21. The first kappa shape index (κ1) is 24.9. The lowest BCUT2D eigenvalue weighted by Crippen LogP contribution is -2.46. The maximum Gasteiger partial charge on any atom is 0.453 e. The zero-order valence-electron chi connectivity index (χ0n) is 20.4. The van der Waals surface area contributed by atoms with Crippen LogP contribution in [0.1, 0.15) is 41.7 Å². The van der Waals surface area contributed by atoms with E-state index in [4.69, 9.17) is 0 Å². The molecule has 8 nitrogen and oxygen atoms in total. The number of likely N-dealkylation sites (N-methyl/N-ethyl adjacent to an activating group) is 1. The number of aromatic nitrogens is 4. The Kier molecular flexibility index (Phi) is 6.98. The lowest BCUT2D eigenvalue weighted by molar-refractivity contribution is -0.144. The molecule has 3 heterocycles. The number of nitrogens with one attached hydrogen (secondary N) is 1. The Morgan fingerprint density at radius 2 is 1.80 bits per heavy atom. The normalized spacial score (nSPS) is 15.1. The second kappa shape index (κ2) is 9.80. The van der Waals surface area contributed by atoms with E-state index in [2.05, 4.69) is 43.2 Å². The van der Waals surface area contributed by atoms with E-state index in [-0.39, 0.29) is 18.1 Å². The fourth-order valence-corrected chi connectivity index (χ4v) is 4.45. The predicted octanol–water partition coefficient (Wildman–Crippen LogP) is 3.78. The van der Waals surface area contributed by atoms with Crippen molar-refractivity contribution in [3.63, 3.8) is 0 Å². The van der Waals surface area contributed by atoms with Crippen molar-refractivity contribution in [2.24, 2.45) is 0 Å². The third-order valence-corrected chi connectivity index (χ3v) is 6.57. The van der Waals surface area contributed by atoms with Crippen molar-refractivity contribution < 1.29 is 18.0 Å². The van der Waals surface area contributed by atoms with Crippen LogP contribution in [0.25, 0.3) is 5.78 Å². The molecule has 0 atom stereocenters. The van der Waals surface area contributed by atoms with Gasteiger partial charge in [-0.05, 0) is 63.1 Å². The minimum Gasteiger partial charge on any atom is -0.369 e. The highest BCUT2D eigenvalue weighted by Gasteiger charge is 2.37. The van der Waals surface area contributed by atoms with E-state index in [1.807, 2.05) is 19.1 Å². The van der Waals surface area contributed by atoms with E-state index in [1.54, 1.807) is 13.8 Å². The molecule has 35 heavy (non-hydrogen) atoms. The Bertz CT molecular complexity index is 1230. The number of piperazine rings is 1. The molecule has 1 aliphatic heterocycles. The minimum absolute atomic E-state index is 0.104. The molecular weight excluding hydrogens is 459 g/mol. The molecule has 11 heteroatoms. The van der Waals surface area contributed by atoms with Crippen LogP contribution in [0.2, 0.25) is 0 Å². The number of carbonyl (C=O) groups is 1. The second-order valence-corrected chi connectivity index (χ2v) is 8.87. The average Bonchev–Trinajstić information content (AvgIpc) is 3.25. The number of aryl methyl sites for hydroxylation is 3. The summed E-state index contributed by atoms with van der Waals surface area (Å²) in [5, 5.41) is 6.52. The number of fused-ring (bicyclic) bond motifs is 1. The van der Waals surface area contributed by atoms with Crippen molar-refractivity contribution >= 4 is 23.1 Å². The lowest BCUT2D eigenvalue weighted by Gasteiger charge is -2.35. The summed E-state index contributed by atoms with van der Waals surface area (Å²) in [6.07, 6.45) is -4.16. The fourth-order valence-electron chi connectivity index (χ4n) is 4.45. The maximum absolute atomic E-state index is 13.0. The monoisotopic (exact) mass is 489 g/mol. The third kappa shape index (κ3) is 5.39. The summed E-state index contributed by atoms with van der Waals surface area (Å²) >= 11 is 0. The summed E-state index contributed by atoms with van der Waals surface area (Å²) in [6.45, 7) is 12.6. The highest BCUT2D eigenvalue weighted by Crippen LogP contribution is 2.27. The number of anilines is 2. The van der Waals surface area contributed by atoms with E-state index >= 15 is 0 Å². The van der Waals surface area contributed by atoms with Gasteiger partial charge in [0.05, 0.1) is 0 Å². The topological polar surface area (TPSA) is 78.7 Å². The molecule has 188 valence electrons. The molecule has 1 amide bonds. The maximum atomic E-state index is 13.0. The van der Waals surface area contributed by atoms with Gasteiger partial charge in [0, 0.05) is 55.4 Å². The number of alkyl halides is 3. The number of hydrogen-bond acceptors (Lipinski definition) is 6. The lowest BCUT2D eigenvalue weighted by atomic mass is 10.1. The molecule has 0 spiro atoms. The number of rotatable bonds is 6. The Morgan fingerprint density at radius 1 is 1.09 bits per heavy atom. The standard InChI is InChI=1S/C24H30F3N7O/c1-5-32-10-12-33(13-11-32)18-6-8-20(15(2)14-18)29-21(35)9-7-19-16(3)28-23-30-22(24(25,26)27)31-34(23)17(19)4/h6,8,14H,5,7,9-13H2,1-4H3,(H,29,35). The molecule has 1 aliphatic rings. The molecule has 1 fully saturated rings. The van der Waals surface area contributed by atoms with Gasteiger partial charge >= 0.3 is 6.18 Å². The van der Waals surface area contributed by atoms with E-state index < -0.39 is 12.0 Å². The molecule has 0 aliphatic carbocycles. The van der Waals surface area contributed by atoms with Gasteiger partial charge in [0.1, 0.15) is 0 Å². The van der Waals surface area contributed by atoms with Gasteiger partial charge in [0.15, 0.2) is 0 Å². The number of hydrogen-bond donors (Lipinski definition) is 1. The molecule has 0 saturated carbocycles. The van der Waals surface area contributed by atoms with Gasteiger partial charge in [0.2, 0.25) is 5.91 Å². The van der Waals surface area contributed by atoms with Crippen LogP contribution in [0.4, 0.5) is 24.5 Å². The first-order chi connectivity index (χ1) is 16.6. The molecule has 4 rings (SSSR count). The molecule has 2 aromatic heterocycles. The van der Waals surface area contributed by atoms with Crippen LogP contribution in [0.15, 0.2) is 18.2 Å². The van der Waals surface area contributed by atoms with Crippen molar-refractivity contribution in [1.82, 2.24) is 24.5 Å². The molecule has 0 radical (unpaired) electrons. The highest BCUT2D eigenvalue weighted by molar-refractivity contribution is 5.92. The first-order valence-corrected chi connectivity index (χ1v) is 11.7. The molecule has 0 unspecified atom stereocenters. The van der Waals surface area contributed by atoms with E-state index in [0.29, 0.717) is 23.4 Å². The fraction of sp³-hybridized carbons (Fsp3) is 0.500. The zero-order chi connectivity index (χ0) is 25.3. The summed E-state index contributed by atoms with van der Waals surface area (Å²) in [6, 6.07) is 6.04. The summed E-state index contributed by atoms with van der Waals surface area (Å²) in [5.74, 6) is -1.51. The van der Waals surface area contributed by atoms with Gasteiger partial charge in [-0.3, -0.25) is 4.79 Å². The van der Waals surface area contributed by atoms with Crippen LogP contribution in [-0.2, 0) is 17.4 Å². The van der Waals surface area contributed by atoms with Gasteiger partial charge in [-0.1, -0.05) is 6.92 Å². The van der Waals surface area contributed by atoms with Gasteiger partial charge in [-0.2, -0.15) is 18.2 Å². The minimum atomic E-state index is -4.65. The van der Waals surface area contributed by atoms with Crippen LogP contribution < -0.4 is 10.2 Å². The smallest absolute Gasteiger partial charge is 0.369 e. The Labute approximate surface area is 202 Å². The molecule has 3 aromatic rings. The predicted molar refractivity (Wildman–Crippen MR) is 128 cm³/mol. The molecular formula is C24H30F3N7O. The summed E-state index contributed by atoms with van der Waals surface area (Å²) in [4.78, 5) is 25.1. The van der Waals surface area contributed by atoms with E-state index in [9.17, 15) is 18.0 Å². The van der Waals surface area contributed by atoms with Gasteiger partial charge in [0.25, 0.3) is 11.6 Å². The largest absolute Gasteiger partial charge is 0.453 e. The van der Waals surface area contributed by atoms with Gasteiger partial charge in [-0.15, -0.1) is 5.10 Å². The number of nitrogens with zero attached hydrogens (tertiary/aromatic N) is 6. The van der Waals surface area contributed by atoms with Crippen molar-refractivity contribution in [2.45, 2.75) is 46.7 Å². The quantitative estimate of drug-likeness (QED) is 0.568. The van der Waals surface area contributed by atoms with Gasteiger partial charge in [-0.25, -0.2) is 9.50 Å². The van der Waals surface area contributed by atoms with Crippen molar-refractivity contribution in [3.05, 3.63) is 46.5 Å². The number of halogens is 3. The second-order valence-electron chi connectivity index (χ2n) is 8.87. The van der Waals surface area contributed by atoms with Crippen LogP contribution in [-0.4, -0.2) is 63.1 Å². The van der Waals surface area contributed by atoms with Crippen LogP contribution in [0.3, 0.4) is 0 Å². The Balaban J connectivity index is 1.41. The number of carbonyl (C=O) groups excluding carboxylic acids is 1. The van der Waals surface area contributed by atoms with Crippen molar-refractivity contribution in [1.29, 1.82) is 0 Å². The number of amides is 1. The molecule has 1 saturated heterocycles. The SMILES string of the molecule is CCN1CCN(c2ccc(NC(=O)CCc3c(C)nc4nc(C(F)(F)F)nn4c3C)c(C)c2)CC1.